The molecule has 1 amide bonds. The minimum atomic E-state index is -0.259. The molecule has 0 aliphatic heterocycles. The highest BCUT2D eigenvalue weighted by Crippen LogP contribution is 2.18. The lowest BCUT2D eigenvalue weighted by Crippen LogP contribution is -2.31. The summed E-state index contributed by atoms with van der Waals surface area (Å²) in [5.74, 6) is 0.916. The summed E-state index contributed by atoms with van der Waals surface area (Å²) >= 11 is 0. The van der Waals surface area contributed by atoms with E-state index in [9.17, 15) is 4.79 Å². The SMILES string of the molecule is CC(C)N(Cc1ccccc1)c1ccc(NC(=O)c2cccnc2)nn1. The van der Waals surface area contributed by atoms with Gasteiger partial charge in [0.2, 0.25) is 0 Å². The highest BCUT2D eigenvalue weighted by molar-refractivity contribution is 6.03. The van der Waals surface area contributed by atoms with Gasteiger partial charge in [0.05, 0.1) is 5.56 Å². The Bertz CT molecular complexity index is 835. The molecule has 6 nitrogen and oxygen atoms in total. The van der Waals surface area contributed by atoms with E-state index in [1.807, 2.05) is 24.3 Å². The van der Waals surface area contributed by atoms with E-state index in [0.717, 1.165) is 12.4 Å². The van der Waals surface area contributed by atoms with Crippen molar-refractivity contribution in [2.45, 2.75) is 26.4 Å². The maximum absolute atomic E-state index is 12.2. The molecule has 0 atom stereocenters. The smallest absolute Gasteiger partial charge is 0.258 e. The van der Waals surface area contributed by atoms with E-state index in [4.69, 9.17) is 0 Å². The summed E-state index contributed by atoms with van der Waals surface area (Å²) < 4.78 is 0. The average molecular weight is 347 g/mol. The summed E-state index contributed by atoms with van der Waals surface area (Å²) in [5.41, 5.74) is 1.68. The van der Waals surface area contributed by atoms with Gasteiger partial charge in [0.1, 0.15) is 0 Å². The normalized spacial score (nSPS) is 10.6. The molecule has 2 aromatic heterocycles. The molecule has 3 rings (SSSR count). The first-order valence-electron chi connectivity index (χ1n) is 8.49. The summed E-state index contributed by atoms with van der Waals surface area (Å²) in [6, 6.07) is 17.5. The lowest BCUT2D eigenvalue weighted by atomic mass is 10.2. The Morgan fingerprint density at radius 2 is 1.85 bits per heavy atom. The fourth-order valence-corrected chi connectivity index (χ4v) is 2.54. The van der Waals surface area contributed by atoms with E-state index in [2.05, 4.69) is 51.4 Å². The van der Waals surface area contributed by atoms with Gasteiger partial charge in [-0.15, -0.1) is 10.2 Å². The van der Waals surface area contributed by atoms with Gasteiger partial charge in [-0.3, -0.25) is 9.78 Å². The maximum Gasteiger partial charge on any atom is 0.258 e. The number of aromatic nitrogens is 3. The summed E-state index contributed by atoms with van der Waals surface area (Å²) in [4.78, 5) is 18.3. The lowest BCUT2D eigenvalue weighted by Gasteiger charge is -2.27. The zero-order valence-corrected chi connectivity index (χ0v) is 14.8. The standard InChI is InChI=1S/C20H21N5O/c1-15(2)25(14-16-7-4-3-5-8-16)19-11-10-18(23-24-19)22-20(26)17-9-6-12-21-13-17/h3-13,15H,14H2,1-2H3,(H,22,23,26). The summed E-state index contributed by atoms with van der Waals surface area (Å²) in [5, 5.41) is 11.2. The monoisotopic (exact) mass is 347 g/mol. The Morgan fingerprint density at radius 3 is 2.46 bits per heavy atom. The van der Waals surface area contributed by atoms with E-state index < -0.39 is 0 Å². The molecular weight excluding hydrogens is 326 g/mol. The van der Waals surface area contributed by atoms with Gasteiger partial charge in [0.25, 0.3) is 5.91 Å². The van der Waals surface area contributed by atoms with Gasteiger partial charge in [0, 0.05) is 25.0 Å². The number of benzene rings is 1. The molecule has 0 radical (unpaired) electrons. The van der Waals surface area contributed by atoms with Crippen LogP contribution in [0.3, 0.4) is 0 Å². The van der Waals surface area contributed by atoms with Crippen LogP contribution in [-0.4, -0.2) is 27.1 Å². The quantitative estimate of drug-likeness (QED) is 0.738. The number of hydrogen-bond donors (Lipinski definition) is 1. The van der Waals surface area contributed by atoms with E-state index in [1.54, 1.807) is 24.4 Å². The number of carbonyl (C=O) groups excluding carboxylic acids is 1. The van der Waals surface area contributed by atoms with Crippen molar-refractivity contribution in [2.75, 3.05) is 10.2 Å². The van der Waals surface area contributed by atoms with Crippen LogP contribution in [-0.2, 0) is 6.54 Å². The predicted octanol–water partition coefficient (Wildman–Crippen LogP) is 3.54. The molecule has 2 heterocycles. The lowest BCUT2D eigenvalue weighted by molar-refractivity contribution is 0.102. The van der Waals surface area contributed by atoms with Crippen LogP contribution in [0.2, 0.25) is 0 Å². The van der Waals surface area contributed by atoms with Crippen LogP contribution in [0.5, 0.6) is 0 Å². The van der Waals surface area contributed by atoms with Gasteiger partial charge in [0.15, 0.2) is 11.6 Å². The minimum Gasteiger partial charge on any atom is -0.348 e. The molecule has 0 aliphatic carbocycles. The second-order valence-electron chi connectivity index (χ2n) is 6.18. The van der Waals surface area contributed by atoms with Gasteiger partial charge in [-0.25, -0.2) is 0 Å². The van der Waals surface area contributed by atoms with Crippen LogP contribution in [0.25, 0.3) is 0 Å². The Kier molecular flexibility index (Phi) is 5.53. The highest BCUT2D eigenvalue weighted by atomic mass is 16.1. The Balaban J connectivity index is 1.71. The van der Waals surface area contributed by atoms with Crippen LogP contribution in [0.15, 0.2) is 67.0 Å². The number of nitrogens with one attached hydrogen (secondary N) is 1. The van der Waals surface area contributed by atoms with Crippen molar-refractivity contribution in [2.24, 2.45) is 0 Å². The van der Waals surface area contributed by atoms with E-state index in [1.165, 1.54) is 11.8 Å². The van der Waals surface area contributed by atoms with E-state index >= 15 is 0 Å². The maximum atomic E-state index is 12.2. The van der Waals surface area contributed by atoms with Crippen LogP contribution in [0, 0.1) is 0 Å². The third-order valence-corrected chi connectivity index (χ3v) is 3.93. The summed E-state index contributed by atoms with van der Waals surface area (Å²) in [7, 11) is 0. The van der Waals surface area contributed by atoms with Crippen molar-refractivity contribution in [3.63, 3.8) is 0 Å². The molecule has 1 N–H and O–H groups in total. The molecule has 0 unspecified atom stereocenters. The van der Waals surface area contributed by atoms with Crippen molar-refractivity contribution >= 4 is 17.5 Å². The number of carbonyl (C=O) groups is 1. The number of anilines is 2. The largest absolute Gasteiger partial charge is 0.348 e. The molecule has 3 aromatic rings. The third kappa shape index (κ3) is 4.42. The van der Waals surface area contributed by atoms with Crippen molar-refractivity contribution < 1.29 is 4.79 Å². The van der Waals surface area contributed by atoms with Crippen molar-refractivity contribution in [3.8, 4) is 0 Å². The molecule has 0 fully saturated rings. The number of hydrogen-bond acceptors (Lipinski definition) is 5. The van der Waals surface area contributed by atoms with Crippen molar-refractivity contribution in [1.29, 1.82) is 0 Å². The molecule has 26 heavy (non-hydrogen) atoms. The molecule has 0 spiro atoms. The Labute approximate surface area is 152 Å². The molecule has 1 aromatic carbocycles. The fourth-order valence-electron chi connectivity index (χ4n) is 2.54. The molecule has 132 valence electrons. The molecule has 0 aliphatic rings. The Morgan fingerprint density at radius 1 is 1.04 bits per heavy atom. The van der Waals surface area contributed by atoms with Crippen molar-refractivity contribution in [1.82, 2.24) is 15.2 Å². The first-order chi connectivity index (χ1) is 12.6. The second kappa shape index (κ2) is 8.20. The van der Waals surface area contributed by atoms with Gasteiger partial charge < -0.3 is 10.2 Å². The zero-order valence-electron chi connectivity index (χ0n) is 14.8. The zero-order chi connectivity index (χ0) is 18.4. The molecule has 0 saturated carbocycles. The van der Waals surface area contributed by atoms with Gasteiger partial charge in [-0.05, 0) is 43.7 Å². The third-order valence-electron chi connectivity index (χ3n) is 3.93. The van der Waals surface area contributed by atoms with Crippen LogP contribution in [0.1, 0.15) is 29.8 Å². The topological polar surface area (TPSA) is 71.0 Å². The number of pyridine rings is 1. The summed E-state index contributed by atoms with van der Waals surface area (Å²) in [6.45, 7) is 4.97. The first-order valence-corrected chi connectivity index (χ1v) is 8.49. The molecule has 0 bridgehead atoms. The number of nitrogens with zero attached hydrogens (tertiary/aromatic N) is 4. The average Bonchev–Trinajstić information content (AvgIpc) is 2.68. The van der Waals surface area contributed by atoms with Crippen LogP contribution in [0.4, 0.5) is 11.6 Å². The van der Waals surface area contributed by atoms with Gasteiger partial charge in [-0.1, -0.05) is 30.3 Å². The number of amides is 1. The molecular formula is C20H21N5O. The summed E-state index contributed by atoms with van der Waals surface area (Å²) in [6.07, 6.45) is 3.14. The number of rotatable bonds is 6. The molecule has 0 saturated heterocycles. The molecule has 6 heteroatoms. The van der Waals surface area contributed by atoms with Crippen LogP contribution >= 0.6 is 0 Å². The van der Waals surface area contributed by atoms with Crippen LogP contribution < -0.4 is 10.2 Å². The van der Waals surface area contributed by atoms with Gasteiger partial charge in [-0.2, -0.15) is 0 Å². The Hall–Kier alpha value is -3.28. The van der Waals surface area contributed by atoms with Crippen molar-refractivity contribution in [3.05, 3.63) is 78.1 Å². The highest BCUT2D eigenvalue weighted by Gasteiger charge is 2.14. The second-order valence-corrected chi connectivity index (χ2v) is 6.18. The van der Waals surface area contributed by atoms with Gasteiger partial charge >= 0.3 is 0 Å². The predicted molar refractivity (Wildman–Crippen MR) is 102 cm³/mol. The van der Waals surface area contributed by atoms with E-state index in [0.29, 0.717) is 11.4 Å². The first kappa shape index (κ1) is 17.5. The van der Waals surface area contributed by atoms with E-state index in [-0.39, 0.29) is 11.9 Å². The minimum absolute atomic E-state index is 0.259. The fraction of sp³-hybridized carbons (Fsp3) is 0.200.